The molecule has 6 aromatic carbocycles. The lowest BCUT2D eigenvalue weighted by Crippen LogP contribution is -2.36. The van der Waals surface area contributed by atoms with E-state index in [9.17, 15) is 57.5 Å². The minimum absolute atomic E-state index is 0.00516. The highest BCUT2D eigenvalue weighted by atomic mass is 16.5. The molecule has 0 N–H and O–H groups in total. The van der Waals surface area contributed by atoms with Crippen molar-refractivity contribution in [2.24, 2.45) is 94.7 Å². The Bertz CT molecular complexity index is 4190. The van der Waals surface area contributed by atoms with Gasteiger partial charge in [-0.1, -0.05) is 97.1 Å². The van der Waals surface area contributed by atoms with Crippen molar-refractivity contribution in [1.29, 1.82) is 0 Å². The van der Waals surface area contributed by atoms with E-state index in [1.54, 1.807) is 62.8 Å². The van der Waals surface area contributed by atoms with Gasteiger partial charge in [0.05, 0.1) is 118 Å². The lowest BCUT2D eigenvalue weighted by atomic mass is 9.85. The molecule has 6 aliphatic heterocycles. The first-order valence-electron chi connectivity index (χ1n) is 33.7. The van der Waals surface area contributed by atoms with Crippen LogP contribution < -0.4 is 38.9 Å². The van der Waals surface area contributed by atoms with Crippen LogP contribution in [0.4, 0.5) is 34.1 Å². The molecular weight excluding hydrogens is 1260 g/mol. The monoisotopic (exact) mass is 1320 g/mol. The van der Waals surface area contributed by atoms with Crippen LogP contribution >= 0.6 is 0 Å². The summed E-state index contributed by atoms with van der Waals surface area (Å²) in [6.07, 6.45) is 20.1. The van der Waals surface area contributed by atoms with Crippen LogP contribution in [0, 0.1) is 94.7 Å². The molecule has 8 fully saturated rings. The molecule has 20 rings (SSSR count). The molecule has 14 aliphatic rings. The van der Waals surface area contributed by atoms with Crippen LogP contribution in [-0.2, 0) is 44.8 Å². The number of carbonyl (C=O) groups excluding carboxylic acids is 12. The van der Waals surface area contributed by atoms with Crippen molar-refractivity contribution in [3.8, 4) is 11.5 Å². The zero-order valence-corrected chi connectivity index (χ0v) is 53.5. The van der Waals surface area contributed by atoms with Crippen molar-refractivity contribution in [2.75, 3.05) is 43.6 Å². The summed E-state index contributed by atoms with van der Waals surface area (Å²) in [7, 11) is 3.36. The topological polar surface area (TPSA) is 243 Å². The summed E-state index contributed by atoms with van der Waals surface area (Å²) in [5, 5.41) is 0. The second-order valence-corrected chi connectivity index (χ2v) is 28.3. The van der Waals surface area contributed by atoms with Crippen molar-refractivity contribution in [3.05, 3.63) is 215 Å². The lowest BCUT2D eigenvalue weighted by Gasteiger charge is -2.25. The fraction of sp³-hybridized carbons (Fsp3) is 0.291. The van der Waals surface area contributed by atoms with E-state index < -0.39 is 71.0 Å². The van der Waals surface area contributed by atoms with Crippen LogP contribution in [0.5, 0.6) is 11.5 Å². The highest BCUT2D eigenvalue weighted by Gasteiger charge is 2.64. The minimum Gasteiger partial charge on any atom is -0.497 e. The van der Waals surface area contributed by atoms with Gasteiger partial charge in [0.25, 0.3) is 23.6 Å². The molecule has 0 spiro atoms. The molecule has 4 saturated carbocycles. The Morgan fingerprint density at radius 3 is 0.657 bits per heavy atom. The lowest BCUT2D eigenvalue weighted by molar-refractivity contribution is -0.124. The predicted octanol–water partition coefficient (Wildman–Crippen LogP) is 9.52. The van der Waals surface area contributed by atoms with Gasteiger partial charge in [0.15, 0.2) is 0 Å². The van der Waals surface area contributed by atoms with E-state index in [-0.39, 0.29) is 151 Å². The third kappa shape index (κ3) is 8.75. The number of benzene rings is 6. The molecule has 8 aliphatic carbocycles. The number of methoxy groups -OCH3 is 2. The van der Waals surface area contributed by atoms with E-state index >= 15 is 0 Å². The van der Waals surface area contributed by atoms with Crippen LogP contribution in [0.25, 0.3) is 0 Å². The number of rotatable bonds is 10. The zero-order valence-electron chi connectivity index (χ0n) is 53.5. The van der Waals surface area contributed by atoms with Gasteiger partial charge in [0.1, 0.15) is 11.5 Å². The molecule has 20 heteroatoms. The number of hydrogen-bond donors (Lipinski definition) is 0. The maximum absolute atomic E-state index is 13.7. The summed E-state index contributed by atoms with van der Waals surface area (Å²) in [5.41, 5.74) is 4.29. The molecule has 16 unspecified atom stereocenters. The highest BCUT2D eigenvalue weighted by Crippen LogP contribution is 2.58. The van der Waals surface area contributed by atoms with Gasteiger partial charge in [-0.2, -0.15) is 0 Å². The molecule has 12 amide bonds. The molecule has 6 heterocycles. The number of carbonyl (C=O) groups is 12. The Morgan fingerprint density at radius 2 is 0.465 bits per heavy atom. The van der Waals surface area contributed by atoms with Crippen molar-refractivity contribution in [3.63, 3.8) is 0 Å². The van der Waals surface area contributed by atoms with Gasteiger partial charge in [0.2, 0.25) is 47.3 Å². The fourth-order valence-corrected chi connectivity index (χ4v) is 19.1. The van der Waals surface area contributed by atoms with Crippen LogP contribution in [0.1, 0.15) is 78.2 Å². The highest BCUT2D eigenvalue weighted by molar-refractivity contribution is 6.37. The van der Waals surface area contributed by atoms with Gasteiger partial charge >= 0.3 is 0 Å². The van der Waals surface area contributed by atoms with Crippen LogP contribution in [0.15, 0.2) is 182 Å². The van der Waals surface area contributed by atoms with Crippen molar-refractivity contribution in [2.45, 2.75) is 32.1 Å². The molecule has 4 saturated heterocycles. The molecule has 8 bridgehead atoms. The number of anilines is 6. The van der Waals surface area contributed by atoms with E-state index in [1.165, 1.54) is 47.5 Å². The average molecular weight is 1320 g/mol. The first kappa shape index (κ1) is 60.2. The second-order valence-electron chi connectivity index (χ2n) is 28.3. The summed E-state index contributed by atoms with van der Waals surface area (Å²) in [6.45, 7) is 0. The fourth-order valence-electron chi connectivity index (χ4n) is 19.1. The molecule has 0 aromatic heterocycles. The summed E-state index contributed by atoms with van der Waals surface area (Å²) in [5.74, 6) is -6.79. The van der Waals surface area contributed by atoms with E-state index in [1.807, 2.05) is 72.9 Å². The van der Waals surface area contributed by atoms with E-state index in [4.69, 9.17) is 9.47 Å². The van der Waals surface area contributed by atoms with Gasteiger partial charge in [-0.15, -0.1) is 0 Å². The average Bonchev–Trinajstić information content (AvgIpc) is 1.57. The molecule has 99 heavy (non-hydrogen) atoms. The first-order valence-corrected chi connectivity index (χ1v) is 33.7. The predicted molar refractivity (Wildman–Crippen MR) is 358 cm³/mol. The molecule has 492 valence electrons. The Morgan fingerprint density at radius 1 is 0.273 bits per heavy atom. The Kier molecular flexibility index (Phi) is 13.4. The number of imide groups is 6. The molecule has 6 aromatic rings. The Hall–Kier alpha value is -11.3. The number of fused-ring (bicyclic) bond motifs is 22. The second kappa shape index (κ2) is 22.1. The SMILES string of the molecule is COc1ccc(Cc2ccc(OC)cc2)cc1.O=C1c2ccccc2C(=O)N1c1cc(N2C(=O)C3C4C=CC(C4)C3C2=O)cc(N2C(=O)C3C4C=CC(C4)C3C2=O)c1.O=C1c2ccccc2C(=O)N1c1cc(N2C(=O)C3C4C=CC(C4)C3C2=O)cc(N2C(=O)C3C4C=CC(C4)C3C2=O)c1. The Balaban J connectivity index is 0.000000117. The van der Waals surface area contributed by atoms with Crippen molar-refractivity contribution < 1.29 is 67.0 Å². The molecule has 0 radical (unpaired) electrons. The number of nitrogens with zero attached hydrogens (tertiary/aromatic N) is 6. The summed E-state index contributed by atoms with van der Waals surface area (Å²) < 4.78 is 10.3. The third-order valence-electron chi connectivity index (χ3n) is 23.5. The number of allylic oxidation sites excluding steroid dienone is 8. The molecule has 16 atom stereocenters. The van der Waals surface area contributed by atoms with Crippen LogP contribution in [0.3, 0.4) is 0 Å². The summed E-state index contributed by atoms with van der Waals surface area (Å²) in [4.78, 5) is 170. The summed E-state index contributed by atoms with van der Waals surface area (Å²) in [6, 6.07) is 38.1. The molecular formula is C79H62N6O14. The quantitative estimate of drug-likeness (QED) is 0.0916. The normalized spacial score (nSPS) is 31.2. The number of amides is 12. The summed E-state index contributed by atoms with van der Waals surface area (Å²) >= 11 is 0. The Labute approximate surface area is 566 Å². The standard InChI is InChI=1S/2C32H23N3O6.C15H16O2/c2*36-27-21-3-1-2-4-22(21)28(37)33(27)18-11-19(34-29(38)23-14-5-6-15(9-14)24(23)30(34)39)13-20(12-18)35-31(40)25-16-7-8-17(10-16)26(25)32(35)41;1-16-14-7-3-12(4-8-14)11-13-5-9-15(17-2)10-6-13/h2*1-8,11-17,23-26H,9-10H2;3-10H,11H2,1-2H3. The van der Waals surface area contributed by atoms with E-state index in [2.05, 4.69) is 24.3 Å². The maximum Gasteiger partial charge on any atom is 0.266 e. The van der Waals surface area contributed by atoms with Crippen molar-refractivity contribution in [1.82, 2.24) is 0 Å². The van der Waals surface area contributed by atoms with Gasteiger partial charge in [-0.25, -0.2) is 29.4 Å². The minimum atomic E-state index is -0.551. The van der Waals surface area contributed by atoms with Crippen LogP contribution in [0.2, 0.25) is 0 Å². The van der Waals surface area contributed by atoms with Crippen LogP contribution in [-0.4, -0.2) is 85.1 Å². The number of hydrogen-bond acceptors (Lipinski definition) is 14. The zero-order chi connectivity index (χ0) is 67.9. The van der Waals surface area contributed by atoms with Gasteiger partial charge in [-0.05, 0) is 176 Å². The molecule has 20 nitrogen and oxygen atoms in total. The van der Waals surface area contributed by atoms with Crippen molar-refractivity contribution >= 4 is 105 Å². The largest absolute Gasteiger partial charge is 0.497 e. The maximum atomic E-state index is 13.7. The van der Waals surface area contributed by atoms with Gasteiger partial charge < -0.3 is 9.47 Å². The third-order valence-corrected chi connectivity index (χ3v) is 23.5. The van der Waals surface area contributed by atoms with E-state index in [0.29, 0.717) is 0 Å². The van der Waals surface area contributed by atoms with E-state index in [0.717, 1.165) is 73.0 Å². The smallest absolute Gasteiger partial charge is 0.266 e. The number of ether oxygens (including phenoxy) is 2. The first-order chi connectivity index (χ1) is 48.0. The van der Waals surface area contributed by atoms with Gasteiger partial charge in [-0.3, -0.25) is 57.5 Å². The van der Waals surface area contributed by atoms with Gasteiger partial charge in [0, 0.05) is 0 Å².